The maximum absolute atomic E-state index is 16.3. The first-order valence-electron chi connectivity index (χ1n) is 11.6. The molecular formula is C26H21F4N5O2. The van der Waals surface area contributed by atoms with E-state index in [1.54, 1.807) is 36.5 Å². The molecule has 0 unspecified atom stereocenters. The van der Waals surface area contributed by atoms with Gasteiger partial charge in [-0.05, 0) is 71.0 Å². The van der Waals surface area contributed by atoms with Crippen LogP contribution >= 0.6 is 0 Å². The van der Waals surface area contributed by atoms with Crippen LogP contribution in [0, 0.1) is 17.0 Å². The van der Waals surface area contributed by atoms with Gasteiger partial charge in [-0.1, -0.05) is 18.2 Å². The fourth-order valence-corrected chi connectivity index (χ4v) is 5.94. The Kier molecular flexibility index (Phi) is 5.13. The lowest BCUT2D eigenvalue weighted by Gasteiger charge is -2.74. The Morgan fingerprint density at radius 2 is 1.76 bits per heavy atom. The van der Waals surface area contributed by atoms with E-state index in [2.05, 4.69) is 20.5 Å². The molecule has 3 aliphatic rings. The van der Waals surface area contributed by atoms with E-state index in [-0.39, 0.29) is 19.3 Å². The fraction of sp³-hybridized carbons (Fsp3) is 0.308. The van der Waals surface area contributed by atoms with Crippen molar-refractivity contribution in [3.8, 4) is 11.6 Å². The van der Waals surface area contributed by atoms with Crippen LogP contribution in [-0.2, 0) is 17.6 Å². The van der Waals surface area contributed by atoms with Crippen molar-refractivity contribution in [1.82, 2.24) is 25.2 Å². The highest BCUT2D eigenvalue weighted by atomic mass is 19.3. The zero-order valence-electron chi connectivity index (χ0n) is 19.4. The van der Waals surface area contributed by atoms with Crippen molar-refractivity contribution in [1.29, 1.82) is 0 Å². The molecule has 0 spiro atoms. The van der Waals surface area contributed by atoms with Crippen LogP contribution in [0.5, 0.6) is 11.6 Å². The lowest BCUT2D eigenvalue weighted by atomic mass is 9.30. The number of pyridine rings is 1. The molecule has 3 fully saturated rings. The molecule has 3 aliphatic carbocycles. The molecule has 0 radical (unpaired) electrons. The number of aromatic nitrogens is 5. The maximum Gasteiger partial charge on any atom is 0.287 e. The molecule has 3 saturated carbocycles. The second kappa shape index (κ2) is 8.07. The summed E-state index contributed by atoms with van der Waals surface area (Å²) in [7, 11) is 0. The Morgan fingerprint density at radius 3 is 2.38 bits per heavy atom. The molecule has 37 heavy (non-hydrogen) atoms. The average molecular weight is 511 g/mol. The minimum Gasteiger partial charge on any atom is -0.439 e. The topological polar surface area (TPSA) is 86.0 Å². The van der Waals surface area contributed by atoms with Gasteiger partial charge in [0.15, 0.2) is 5.60 Å². The zero-order chi connectivity index (χ0) is 25.9. The highest BCUT2D eigenvalue weighted by Crippen LogP contribution is 2.80. The number of hydrogen-bond donors (Lipinski definition) is 1. The molecule has 2 aromatic heterocycles. The van der Waals surface area contributed by atoms with Crippen molar-refractivity contribution in [3.05, 3.63) is 95.9 Å². The summed E-state index contributed by atoms with van der Waals surface area (Å²) in [5.74, 6) is -4.96. The van der Waals surface area contributed by atoms with Crippen molar-refractivity contribution >= 4 is 0 Å². The van der Waals surface area contributed by atoms with Crippen molar-refractivity contribution in [2.45, 2.75) is 42.7 Å². The first-order chi connectivity index (χ1) is 17.7. The third kappa shape index (κ3) is 3.51. The fourth-order valence-electron chi connectivity index (χ4n) is 5.94. The second-order valence-electron chi connectivity index (χ2n) is 9.95. The first kappa shape index (κ1) is 23.5. The van der Waals surface area contributed by atoms with E-state index < -0.39 is 46.1 Å². The summed E-state index contributed by atoms with van der Waals surface area (Å²) in [4.78, 5) is 4.11. The molecule has 7 nitrogen and oxygen atoms in total. The molecule has 2 bridgehead atoms. The van der Waals surface area contributed by atoms with Gasteiger partial charge in [0, 0.05) is 29.3 Å². The number of nitrogens with zero attached hydrogens (tertiary/aromatic N) is 5. The van der Waals surface area contributed by atoms with Gasteiger partial charge in [-0.25, -0.2) is 27.2 Å². The molecule has 190 valence electrons. The molecule has 2 aromatic carbocycles. The highest BCUT2D eigenvalue weighted by Gasteiger charge is 2.82. The lowest BCUT2D eigenvalue weighted by molar-refractivity contribution is -0.347. The van der Waals surface area contributed by atoms with Crippen LogP contribution in [0.3, 0.4) is 0 Å². The third-order valence-corrected chi connectivity index (χ3v) is 7.70. The van der Waals surface area contributed by atoms with Gasteiger partial charge in [0.25, 0.3) is 5.92 Å². The Hall–Kier alpha value is -3.86. The van der Waals surface area contributed by atoms with Crippen molar-refractivity contribution in [2.24, 2.45) is 5.41 Å². The number of halogens is 4. The van der Waals surface area contributed by atoms with Gasteiger partial charge in [-0.3, -0.25) is 0 Å². The van der Waals surface area contributed by atoms with Gasteiger partial charge in [-0.15, -0.1) is 5.10 Å². The van der Waals surface area contributed by atoms with Crippen molar-refractivity contribution in [2.75, 3.05) is 0 Å². The van der Waals surface area contributed by atoms with Crippen LogP contribution in [0.25, 0.3) is 0 Å². The number of tetrazole rings is 1. The van der Waals surface area contributed by atoms with E-state index in [4.69, 9.17) is 4.74 Å². The monoisotopic (exact) mass is 511 g/mol. The van der Waals surface area contributed by atoms with Crippen LogP contribution in [0.4, 0.5) is 17.6 Å². The average Bonchev–Trinajstić information content (AvgIpc) is 3.31. The molecule has 2 heterocycles. The smallest absolute Gasteiger partial charge is 0.287 e. The molecule has 1 atom stereocenters. The number of hydrogen-bond acceptors (Lipinski definition) is 6. The van der Waals surface area contributed by atoms with Gasteiger partial charge < -0.3 is 9.84 Å². The number of ether oxygens (including phenoxy) is 1. The van der Waals surface area contributed by atoms with E-state index in [9.17, 15) is 13.9 Å². The number of alkyl halides is 2. The highest BCUT2D eigenvalue weighted by molar-refractivity contribution is 5.45. The SMILES string of the molecule is O[C@](Cn1cnnn1)(c1ccc(F)cc1F)C(F)(F)C12CC(c3ccc(Oc4ccccn4)cc3)(C1)C2. The molecule has 11 heteroatoms. The lowest BCUT2D eigenvalue weighted by Crippen LogP contribution is -2.76. The molecule has 4 aromatic rings. The van der Waals surface area contributed by atoms with E-state index in [0.717, 1.165) is 28.7 Å². The molecule has 0 amide bonds. The summed E-state index contributed by atoms with van der Waals surface area (Å²) in [6, 6.07) is 14.7. The number of rotatable bonds is 8. The van der Waals surface area contributed by atoms with Gasteiger partial charge in [0.05, 0.1) is 6.54 Å². The Labute approximate surface area is 208 Å². The summed E-state index contributed by atoms with van der Waals surface area (Å²) in [5.41, 5.74) is -4.85. The molecule has 0 saturated heterocycles. The quantitative estimate of drug-likeness (QED) is 0.343. The molecular weight excluding hydrogens is 490 g/mol. The Balaban J connectivity index is 1.26. The first-order valence-corrected chi connectivity index (χ1v) is 11.6. The zero-order valence-corrected chi connectivity index (χ0v) is 19.4. The third-order valence-electron chi connectivity index (χ3n) is 7.70. The van der Waals surface area contributed by atoms with Crippen molar-refractivity contribution in [3.63, 3.8) is 0 Å². The van der Waals surface area contributed by atoms with Gasteiger partial charge in [-0.2, -0.15) is 0 Å². The maximum atomic E-state index is 16.3. The number of benzene rings is 2. The largest absolute Gasteiger partial charge is 0.439 e. The van der Waals surface area contributed by atoms with E-state index in [1.165, 1.54) is 0 Å². The molecule has 0 aliphatic heterocycles. The van der Waals surface area contributed by atoms with Crippen LogP contribution in [0.2, 0.25) is 0 Å². The van der Waals surface area contributed by atoms with E-state index in [1.807, 2.05) is 12.1 Å². The normalized spacial score (nSPS) is 24.0. The van der Waals surface area contributed by atoms with E-state index >= 15 is 8.78 Å². The van der Waals surface area contributed by atoms with Crippen LogP contribution in [0.1, 0.15) is 30.4 Å². The van der Waals surface area contributed by atoms with Crippen LogP contribution < -0.4 is 4.74 Å². The second-order valence-corrected chi connectivity index (χ2v) is 9.95. The summed E-state index contributed by atoms with van der Waals surface area (Å²) in [6.07, 6.45) is 2.99. The summed E-state index contributed by atoms with van der Waals surface area (Å²) in [6.45, 7) is -0.802. The van der Waals surface area contributed by atoms with Gasteiger partial charge in [0.1, 0.15) is 23.7 Å². The molecule has 7 rings (SSSR count). The van der Waals surface area contributed by atoms with Gasteiger partial charge >= 0.3 is 0 Å². The standard InChI is InChI=1S/C26H21F4N5O2/c27-18-6-9-20(21(28)11-18)25(36,15-35-16-32-33-34-35)26(29,30)24-12-23(13-24,14-24)17-4-7-19(8-5-17)37-22-3-1-2-10-31-22/h1-11,16,36H,12-15H2/t23?,24?,25-/m1/s1. The summed E-state index contributed by atoms with van der Waals surface area (Å²) >= 11 is 0. The molecule has 1 N–H and O–H groups in total. The summed E-state index contributed by atoms with van der Waals surface area (Å²) < 4.78 is 67.5. The predicted octanol–water partition coefficient (Wildman–Crippen LogP) is 4.78. The number of aliphatic hydroxyl groups is 1. The van der Waals surface area contributed by atoms with Crippen molar-refractivity contribution < 1.29 is 27.4 Å². The van der Waals surface area contributed by atoms with Gasteiger partial charge in [0.2, 0.25) is 5.88 Å². The predicted molar refractivity (Wildman–Crippen MR) is 122 cm³/mol. The van der Waals surface area contributed by atoms with Crippen LogP contribution in [0.15, 0.2) is 73.2 Å². The Morgan fingerprint density at radius 1 is 1.00 bits per heavy atom. The van der Waals surface area contributed by atoms with E-state index in [0.29, 0.717) is 17.7 Å². The minimum absolute atomic E-state index is 0.105. The Bertz CT molecular complexity index is 1410. The van der Waals surface area contributed by atoms with Crippen LogP contribution in [-0.4, -0.2) is 36.2 Å². The summed E-state index contributed by atoms with van der Waals surface area (Å²) in [5, 5.41) is 21.9. The minimum atomic E-state index is -3.77.